The third-order valence-electron chi connectivity index (χ3n) is 9.83. The molecule has 0 radical (unpaired) electrons. The van der Waals surface area contributed by atoms with Gasteiger partial charge in [0.15, 0.2) is 6.10 Å². The molecular weight excluding hydrogens is 750 g/mol. The number of nitrogens with zero attached hydrogens (tertiary/aromatic N) is 1. The summed E-state index contributed by atoms with van der Waals surface area (Å²) in [6.45, 7) is 4.09. The predicted molar refractivity (Wildman–Crippen MR) is 240 cm³/mol. The van der Waals surface area contributed by atoms with E-state index < -0.39 is 32.5 Å². The second-order valence-corrected chi connectivity index (χ2v) is 18.1. The lowest BCUT2D eigenvalue weighted by Gasteiger charge is -2.28. The summed E-state index contributed by atoms with van der Waals surface area (Å²) >= 11 is 0. The van der Waals surface area contributed by atoms with Crippen LogP contribution in [0.25, 0.3) is 0 Å². The van der Waals surface area contributed by atoms with Crippen LogP contribution in [-0.4, -0.2) is 70.0 Å². The van der Waals surface area contributed by atoms with Gasteiger partial charge in [-0.25, -0.2) is 0 Å². The van der Waals surface area contributed by atoms with Gasteiger partial charge in [-0.15, -0.1) is 0 Å². The van der Waals surface area contributed by atoms with Gasteiger partial charge in [-0.3, -0.25) is 14.2 Å². The van der Waals surface area contributed by atoms with Crippen molar-refractivity contribution in [2.75, 3.05) is 47.5 Å². The standard InChI is InChI=1S/C48H88NO8P/c1-6-8-10-12-14-16-18-20-22-23-24-25-27-28-30-32-34-36-38-40-47(50)54-44-46(45-56-58(52,53)55-43-42-49(3,4)5)57-48(51)41-39-37-35-33-31-29-26-21-19-17-15-13-11-9-7-2/h9,11,15,17,21,23-24,26,46H,6-8,10,12-14,16,18-20,22,25,27-45H2,1-5H3/b11-9-,17-15-,24-23-,26-21-/t46-/m1/s1. The number of hydrogen-bond donors (Lipinski definition) is 0. The van der Waals surface area contributed by atoms with E-state index in [0.717, 1.165) is 83.5 Å². The van der Waals surface area contributed by atoms with Crippen LogP contribution in [0.1, 0.15) is 194 Å². The zero-order chi connectivity index (χ0) is 42.8. The van der Waals surface area contributed by atoms with Crippen LogP contribution in [0.4, 0.5) is 0 Å². The number of quaternary nitrogens is 1. The molecular formula is C48H88NO8P. The first-order chi connectivity index (χ1) is 28.0. The van der Waals surface area contributed by atoms with E-state index in [1.807, 2.05) is 21.1 Å². The molecule has 0 fully saturated rings. The van der Waals surface area contributed by atoms with Gasteiger partial charge in [0.05, 0.1) is 27.7 Å². The maximum absolute atomic E-state index is 12.7. The number of ether oxygens (including phenoxy) is 2. The first-order valence-electron chi connectivity index (χ1n) is 23.3. The average Bonchev–Trinajstić information content (AvgIpc) is 3.17. The summed E-state index contributed by atoms with van der Waals surface area (Å²) in [6, 6.07) is 0. The van der Waals surface area contributed by atoms with Crippen LogP contribution in [0.3, 0.4) is 0 Å². The molecule has 0 bridgehead atoms. The molecule has 0 saturated heterocycles. The van der Waals surface area contributed by atoms with Gasteiger partial charge < -0.3 is 27.9 Å². The lowest BCUT2D eigenvalue weighted by atomic mass is 10.1. The van der Waals surface area contributed by atoms with Gasteiger partial charge in [0.1, 0.15) is 19.8 Å². The molecule has 0 saturated carbocycles. The van der Waals surface area contributed by atoms with E-state index >= 15 is 0 Å². The van der Waals surface area contributed by atoms with E-state index in [1.54, 1.807) is 0 Å². The van der Waals surface area contributed by atoms with Crippen LogP contribution in [-0.2, 0) is 32.7 Å². The number of rotatable bonds is 42. The Morgan fingerprint density at radius 3 is 1.48 bits per heavy atom. The minimum Gasteiger partial charge on any atom is -0.756 e. The van der Waals surface area contributed by atoms with Gasteiger partial charge in [0, 0.05) is 12.8 Å². The Morgan fingerprint density at radius 1 is 0.552 bits per heavy atom. The monoisotopic (exact) mass is 838 g/mol. The van der Waals surface area contributed by atoms with E-state index in [9.17, 15) is 19.0 Å². The molecule has 338 valence electrons. The molecule has 0 aromatic heterocycles. The topological polar surface area (TPSA) is 111 Å². The van der Waals surface area contributed by atoms with Crippen molar-refractivity contribution in [3.63, 3.8) is 0 Å². The number of allylic oxidation sites excluding steroid dienone is 8. The second kappa shape index (κ2) is 40.4. The Balaban J connectivity index is 4.33. The zero-order valence-corrected chi connectivity index (χ0v) is 38.9. The van der Waals surface area contributed by atoms with Crippen molar-refractivity contribution >= 4 is 19.8 Å². The molecule has 0 spiro atoms. The molecule has 0 aromatic rings. The number of likely N-dealkylation sites (N-methyl/N-ethyl adjacent to an activating group) is 1. The van der Waals surface area contributed by atoms with E-state index in [-0.39, 0.29) is 26.1 Å². The Hall–Kier alpha value is -2.03. The van der Waals surface area contributed by atoms with Crippen LogP contribution in [0, 0.1) is 0 Å². The average molecular weight is 838 g/mol. The van der Waals surface area contributed by atoms with E-state index in [4.69, 9.17) is 18.5 Å². The molecule has 58 heavy (non-hydrogen) atoms. The van der Waals surface area contributed by atoms with Gasteiger partial charge in [-0.1, -0.05) is 159 Å². The molecule has 0 rings (SSSR count). The van der Waals surface area contributed by atoms with Crippen molar-refractivity contribution in [3.05, 3.63) is 48.6 Å². The molecule has 0 aliphatic carbocycles. The summed E-state index contributed by atoms with van der Waals surface area (Å²) < 4.78 is 33.9. The van der Waals surface area contributed by atoms with Crippen LogP contribution in [0.15, 0.2) is 48.6 Å². The van der Waals surface area contributed by atoms with Crippen LogP contribution in [0.5, 0.6) is 0 Å². The van der Waals surface area contributed by atoms with Gasteiger partial charge >= 0.3 is 11.9 Å². The lowest BCUT2D eigenvalue weighted by Crippen LogP contribution is -2.37. The summed E-state index contributed by atoms with van der Waals surface area (Å²) in [7, 11) is 1.15. The van der Waals surface area contributed by atoms with Gasteiger partial charge in [-0.2, -0.15) is 0 Å². The fourth-order valence-corrected chi connectivity index (χ4v) is 6.92. The van der Waals surface area contributed by atoms with Crippen molar-refractivity contribution in [1.29, 1.82) is 0 Å². The van der Waals surface area contributed by atoms with Crippen molar-refractivity contribution in [3.8, 4) is 0 Å². The highest BCUT2D eigenvalue weighted by molar-refractivity contribution is 7.45. The normalized spacial score (nSPS) is 14.0. The number of esters is 2. The number of carbonyl (C=O) groups excluding carboxylic acids is 2. The SMILES string of the molecule is CC/C=C\C/C=C\C/C=C\CCCCCCCC(=O)O[C@H](COC(=O)CCCCCCCCC/C=C\CCCCCCCCCC)COP(=O)([O-])OCC[N+](C)(C)C. The zero-order valence-electron chi connectivity index (χ0n) is 38.0. The molecule has 0 N–H and O–H groups in total. The first kappa shape index (κ1) is 56.0. The number of hydrogen-bond acceptors (Lipinski definition) is 8. The fourth-order valence-electron chi connectivity index (χ4n) is 6.19. The van der Waals surface area contributed by atoms with Crippen LogP contribution < -0.4 is 4.89 Å². The third kappa shape index (κ3) is 43.5. The smallest absolute Gasteiger partial charge is 0.306 e. The van der Waals surface area contributed by atoms with Crippen molar-refractivity contribution in [2.45, 2.75) is 200 Å². The molecule has 1 unspecified atom stereocenters. The molecule has 2 atom stereocenters. The van der Waals surface area contributed by atoms with Crippen LogP contribution >= 0.6 is 7.82 Å². The number of phosphoric acid groups is 1. The first-order valence-corrected chi connectivity index (χ1v) is 24.8. The molecule has 9 nitrogen and oxygen atoms in total. The van der Waals surface area contributed by atoms with Crippen molar-refractivity contribution in [2.24, 2.45) is 0 Å². The van der Waals surface area contributed by atoms with Gasteiger partial charge in [0.25, 0.3) is 7.82 Å². The molecule has 0 aromatic carbocycles. The van der Waals surface area contributed by atoms with E-state index in [0.29, 0.717) is 17.4 Å². The number of carbonyl (C=O) groups is 2. The highest BCUT2D eigenvalue weighted by atomic mass is 31.2. The Bertz CT molecular complexity index is 1130. The van der Waals surface area contributed by atoms with Crippen LogP contribution in [0.2, 0.25) is 0 Å². The van der Waals surface area contributed by atoms with Gasteiger partial charge in [0.2, 0.25) is 0 Å². The third-order valence-corrected chi connectivity index (χ3v) is 10.8. The lowest BCUT2D eigenvalue weighted by molar-refractivity contribution is -0.870. The Morgan fingerprint density at radius 2 is 0.983 bits per heavy atom. The van der Waals surface area contributed by atoms with Crippen molar-refractivity contribution in [1.82, 2.24) is 0 Å². The minimum absolute atomic E-state index is 0.0364. The summed E-state index contributed by atoms with van der Waals surface area (Å²) in [5, 5.41) is 0. The maximum Gasteiger partial charge on any atom is 0.306 e. The fraction of sp³-hybridized carbons (Fsp3) is 0.792. The largest absolute Gasteiger partial charge is 0.756 e. The summed E-state index contributed by atoms with van der Waals surface area (Å²) in [6.07, 6.45) is 47.1. The summed E-state index contributed by atoms with van der Waals surface area (Å²) in [5.74, 6) is -0.859. The highest BCUT2D eigenvalue weighted by Crippen LogP contribution is 2.38. The van der Waals surface area contributed by atoms with E-state index in [1.165, 1.54) is 77.0 Å². The number of phosphoric ester groups is 1. The molecule has 10 heteroatoms. The highest BCUT2D eigenvalue weighted by Gasteiger charge is 2.21. The molecule has 0 amide bonds. The van der Waals surface area contributed by atoms with Crippen molar-refractivity contribution < 1.29 is 42.1 Å². The molecule has 0 aliphatic heterocycles. The maximum atomic E-state index is 12.7. The Kier molecular flexibility index (Phi) is 39.0. The Labute approximate surface area is 356 Å². The number of unbranched alkanes of at least 4 members (excludes halogenated alkanes) is 20. The van der Waals surface area contributed by atoms with E-state index in [2.05, 4.69) is 62.5 Å². The minimum atomic E-state index is -4.63. The predicted octanol–water partition coefficient (Wildman–Crippen LogP) is 12.8. The summed E-state index contributed by atoms with van der Waals surface area (Å²) in [4.78, 5) is 37.6. The van der Waals surface area contributed by atoms with Gasteiger partial charge in [-0.05, 0) is 70.6 Å². The quantitative estimate of drug-likeness (QED) is 0.0196. The second-order valence-electron chi connectivity index (χ2n) is 16.7. The summed E-state index contributed by atoms with van der Waals surface area (Å²) in [5.41, 5.74) is 0. The molecule has 0 heterocycles. The molecule has 0 aliphatic rings.